The first-order valence-corrected chi connectivity index (χ1v) is 4.57. The summed E-state index contributed by atoms with van der Waals surface area (Å²) in [6.07, 6.45) is 3.23. The van der Waals surface area contributed by atoms with Crippen LogP contribution in [-0.2, 0) is 9.78 Å². The lowest BCUT2D eigenvalue weighted by atomic mass is 10.1. The van der Waals surface area contributed by atoms with Gasteiger partial charge in [0.25, 0.3) is 0 Å². The third-order valence-electron chi connectivity index (χ3n) is 1.91. The molecule has 0 radical (unpaired) electrons. The van der Waals surface area contributed by atoms with Gasteiger partial charge in [0.2, 0.25) is 0 Å². The van der Waals surface area contributed by atoms with Gasteiger partial charge in [0.05, 0.1) is 6.61 Å². The quantitative estimate of drug-likeness (QED) is 0.613. The molecule has 0 aromatic carbocycles. The maximum absolute atomic E-state index is 10.3. The van der Waals surface area contributed by atoms with Crippen molar-refractivity contribution in [3.8, 4) is 0 Å². The highest BCUT2D eigenvalue weighted by Crippen LogP contribution is 2.10. The molecule has 0 aliphatic carbocycles. The van der Waals surface area contributed by atoms with Gasteiger partial charge in [-0.1, -0.05) is 12.8 Å². The molecule has 2 N–H and O–H groups in total. The largest absolute Gasteiger partial charge is 0.465 e. The van der Waals surface area contributed by atoms with Gasteiger partial charge in [-0.05, 0) is 19.3 Å². The lowest BCUT2D eigenvalue weighted by Crippen LogP contribution is -2.35. The van der Waals surface area contributed by atoms with E-state index in [1.54, 1.807) is 0 Å². The van der Waals surface area contributed by atoms with Crippen LogP contribution in [0.4, 0.5) is 4.79 Å². The van der Waals surface area contributed by atoms with Crippen molar-refractivity contribution in [2.45, 2.75) is 38.3 Å². The lowest BCUT2D eigenvalue weighted by molar-refractivity contribution is -0.328. The summed E-state index contributed by atoms with van der Waals surface area (Å²) in [4.78, 5) is 20.0. The third kappa shape index (κ3) is 4.69. The Hall–Kier alpha value is -0.810. The average molecular weight is 189 g/mol. The van der Waals surface area contributed by atoms with E-state index in [9.17, 15) is 4.79 Å². The summed E-state index contributed by atoms with van der Waals surface area (Å²) in [5.41, 5.74) is 0. The van der Waals surface area contributed by atoms with E-state index < -0.39 is 12.3 Å². The van der Waals surface area contributed by atoms with E-state index in [-0.39, 0.29) is 0 Å². The molecule has 0 aromatic rings. The maximum Gasteiger partial charge on any atom is 0.406 e. The number of hydrogen-bond acceptors (Lipinski definition) is 3. The normalized spacial score (nSPS) is 25.4. The Morgan fingerprint density at radius 3 is 2.85 bits per heavy atom. The summed E-state index contributed by atoms with van der Waals surface area (Å²) in [5.74, 6) is 0. The minimum Gasteiger partial charge on any atom is -0.465 e. The van der Waals surface area contributed by atoms with Crippen LogP contribution in [0.3, 0.4) is 0 Å². The maximum atomic E-state index is 10.3. The van der Waals surface area contributed by atoms with E-state index in [0.717, 1.165) is 25.7 Å². The minimum absolute atomic E-state index is 0.518. The van der Waals surface area contributed by atoms with Gasteiger partial charge in [0.15, 0.2) is 6.23 Å². The third-order valence-corrected chi connectivity index (χ3v) is 1.91. The smallest absolute Gasteiger partial charge is 0.406 e. The summed E-state index contributed by atoms with van der Waals surface area (Å²) in [7, 11) is 0. The predicted molar refractivity (Wildman–Crippen MR) is 45.1 cm³/mol. The predicted octanol–water partition coefficient (Wildman–Crippen LogP) is 1.49. The molecule has 5 heteroatoms. The van der Waals surface area contributed by atoms with Crippen LogP contribution in [0.25, 0.3) is 0 Å². The first kappa shape index (κ1) is 10.3. The van der Waals surface area contributed by atoms with Crippen molar-refractivity contribution in [1.29, 1.82) is 0 Å². The Morgan fingerprint density at radius 2 is 2.08 bits per heavy atom. The fourth-order valence-corrected chi connectivity index (χ4v) is 1.26. The van der Waals surface area contributed by atoms with E-state index >= 15 is 0 Å². The highest BCUT2D eigenvalue weighted by Gasteiger charge is 2.13. The van der Waals surface area contributed by atoms with Gasteiger partial charge in [0, 0.05) is 0 Å². The molecule has 0 saturated carbocycles. The van der Waals surface area contributed by atoms with Crippen LogP contribution in [0.2, 0.25) is 0 Å². The second kappa shape index (κ2) is 5.77. The van der Waals surface area contributed by atoms with Crippen LogP contribution in [-0.4, -0.2) is 24.0 Å². The molecule has 13 heavy (non-hydrogen) atoms. The molecule has 0 bridgehead atoms. The standard InChI is InChI=1S/C8H15NO4/c10-8(11)9-7-5-3-1-2-4-6-12-13-7/h7,9H,1-6H2,(H,10,11). The molecule has 1 heterocycles. The average Bonchev–Trinajstić information content (AvgIpc) is 2.17. The molecule has 1 saturated heterocycles. The zero-order valence-electron chi connectivity index (χ0n) is 7.49. The highest BCUT2D eigenvalue weighted by atomic mass is 17.2. The zero-order chi connectivity index (χ0) is 9.52. The summed E-state index contributed by atoms with van der Waals surface area (Å²) in [6.45, 7) is 0.539. The SMILES string of the molecule is O=C(O)NC1CCCCCCOO1. The number of carboxylic acid groups (broad SMARTS) is 1. The Kier molecular flexibility index (Phi) is 4.56. The minimum atomic E-state index is -1.08. The molecule has 1 rings (SSSR count). The van der Waals surface area contributed by atoms with Gasteiger partial charge in [-0.2, -0.15) is 0 Å². The van der Waals surface area contributed by atoms with Gasteiger partial charge in [-0.25, -0.2) is 14.6 Å². The Labute approximate surface area is 77.0 Å². The molecule has 1 atom stereocenters. The van der Waals surface area contributed by atoms with Gasteiger partial charge in [0.1, 0.15) is 0 Å². The van der Waals surface area contributed by atoms with Gasteiger partial charge < -0.3 is 5.11 Å². The molecule has 1 aliphatic rings. The van der Waals surface area contributed by atoms with Crippen molar-refractivity contribution in [2.75, 3.05) is 6.61 Å². The first-order valence-electron chi connectivity index (χ1n) is 4.57. The van der Waals surface area contributed by atoms with E-state index in [0.29, 0.717) is 13.0 Å². The number of amides is 1. The van der Waals surface area contributed by atoms with Crippen LogP contribution in [0, 0.1) is 0 Å². The molecule has 1 fully saturated rings. The highest BCUT2D eigenvalue weighted by molar-refractivity contribution is 5.64. The van der Waals surface area contributed by atoms with E-state index in [2.05, 4.69) is 5.32 Å². The van der Waals surface area contributed by atoms with Gasteiger partial charge in [-0.15, -0.1) is 0 Å². The summed E-state index contributed by atoms with van der Waals surface area (Å²) in [6, 6.07) is 0. The zero-order valence-corrected chi connectivity index (χ0v) is 7.49. The molecule has 76 valence electrons. The van der Waals surface area contributed by atoms with Crippen LogP contribution < -0.4 is 5.32 Å². The monoisotopic (exact) mass is 189 g/mol. The fraction of sp³-hybridized carbons (Fsp3) is 0.875. The van der Waals surface area contributed by atoms with Gasteiger partial charge >= 0.3 is 6.09 Å². The van der Waals surface area contributed by atoms with Crippen molar-refractivity contribution in [3.05, 3.63) is 0 Å². The first-order chi connectivity index (χ1) is 6.29. The van der Waals surface area contributed by atoms with Crippen molar-refractivity contribution < 1.29 is 19.7 Å². The number of carbonyl (C=O) groups is 1. The van der Waals surface area contributed by atoms with Crippen LogP contribution in [0.5, 0.6) is 0 Å². The molecule has 1 amide bonds. The topological polar surface area (TPSA) is 67.8 Å². The Morgan fingerprint density at radius 1 is 1.31 bits per heavy atom. The molecule has 0 spiro atoms. The Bertz CT molecular complexity index is 152. The molecule has 0 aromatic heterocycles. The molecule has 1 unspecified atom stereocenters. The summed E-state index contributed by atoms with van der Waals surface area (Å²) >= 11 is 0. The lowest BCUT2D eigenvalue weighted by Gasteiger charge is -2.14. The van der Waals surface area contributed by atoms with Crippen LogP contribution >= 0.6 is 0 Å². The fourth-order valence-electron chi connectivity index (χ4n) is 1.26. The number of rotatable bonds is 1. The second-order valence-corrected chi connectivity index (χ2v) is 3.06. The van der Waals surface area contributed by atoms with E-state index in [1.165, 1.54) is 0 Å². The van der Waals surface area contributed by atoms with E-state index in [1.807, 2.05) is 0 Å². The van der Waals surface area contributed by atoms with Crippen molar-refractivity contribution in [3.63, 3.8) is 0 Å². The van der Waals surface area contributed by atoms with Crippen molar-refractivity contribution in [1.82, 2.24) is 5.32 Å². The van der Waals surface area contributed by atoms with Crippen molar-refractivity contribution >= 4 is 6.09 Å². The molecular formula is C8H15NO4. The van der Waals surface area contributed by atoms with Crippen molar-refractivity contribution in [2.24, 2.45) is 0 Å². The second-order valence-electron chi connectivity index (χ2n) is 3.06. The van der Waals surface area contributed by atoms with E-state index in [4.69, 9.17) is 14.9 Å². The molecular weight excluding hydrogens is 174 g/mol. The number of hydrogen-bond donors (Lipinski definition) is 2. The molecule has 1 aliphatic heterocycles. The summed E-state index contributed by atoms with van der Waals surface area (Å²) < 4.78 is 0. The van der Waals surface area contributed by atoms with Crippen LogP contribution in [0.15, 0.2) is 0 Å². The molecule has 5 nitrogen and oxygen atoms in total. The summed E-state index contributed by atoms with van der Waals surface area (Å²) in [5, 5.41) is 10.7. The number of nitrogens with one attached hydrogen (secondary N) is 1. The van der Waals surface area contributed by atoms with Gasteiger partial charge in [-0.3, -0.25) is 5.32 Å². The Balaban J connectivity index is 2.27. The van der Waals surface area contributed by atoms with Crippen LogP contribution in [0.1, 0.15) is 32.1 Å².